The summed E-state index contributed by atoms with van der Waals surface area (Å²) >= 11 is 3.46. The maximum absolute atomic E-state index is 4.40. The average molecular weight is 348 g/mol. The second-order valence-electron chi connectivity index (χ2n) is 5.01. The molecule has 5 nitrogen and oxygen atoms in total. The number of hydrogen-bond donors (Lipinski definition) is 2. The van der Waals surface area contributed by atoms with E-state index in [-0.39, 0.29) is 0 Å². The Morgan fingerprint density at radius 2 is 1.86 bits per heavy atom. The predicted molar refractivity (Wildman–Crippen MR) is 90.5 cm³/mol. The van der Waals surface area contributed by atoms with Crippen LogP contribution in [0.15, 0.2) is 34.9 Å². The van der Waals surface area contributed by atoms with Gasteiger partial charge >= 0.3 is 0 Å². The third-order valence-electron chi connectivity index (χ3n) is 3.57. The van der Waals surface area contributed by atoms with Gasteiger partial charge in [0.15, 0.2) is 0 Å². The van der Waals surface area contributed by atoms with E-state index in [0.717, 1.165) is 29.1 Å². The van der Waals surface area contributed by atoms with Crippen LogP contribution in [-0.2, 0) is 0 Å². The van der Waals surface area contributed by atoms with Gasteiger partial charge in [0.05, 0.1) is 4.47 Å². The van der Waals surface area contributed by atoms with Crippen LogP contribution in [0.3, 0.4) is 0 Å². The van der Waals surface area contributed by atoms with Gasteiger partial charge in [0.2, 0.25) is 5.95 Å². The highest BCUT2D eigenvalue weighted by Crippen LogP contribution is 2.26. The molecule has 0 amide bonds. The molecule has 1 aromatic heterocycles. The molecule has 110 valence electrons. The van der Waals surface area contributed by atoms with Crippen molar-refractivity contribution in [3.8, 4) is 0 Å². The van der Waals surface area contributed by atoms with Crippen LogP contribution < -0.4 is 15.5 Å². The SMILES string of the molecule is CNc1ncc(Br)c(Nc2ccc(N3CCCC3)cc2)n1. The van der Waals surface area contributed by atoms with Crippen molar-refractivity contribution in [2.75, 3.05) is 35.7 Å². The number of nitrogens with one attached hydrogen (secondary N) is 2. The summed E-state index contributed by atoms with van der Waals surface area (Å²) in [6.45, 7) is 2.32. The van der Waals surface area contributed by atoms with Crippen molar-refractivity contribution >= 4 is 39.1 Å². The average Bonchev–Trinajstić information content (AvgIpc) is 3.04. The molecule has 0 aliphatic carbocycles. The second kappa shape index (κ2) is 6.30. The van der Waals surface area contributed by atoms with Crippen molar-refractivity contribution in [2.24, 2.45) is 0 Å². The summed E-state index contributed by atoms with van der Waals surface area (Å²) in [4.78, 5) is 11.0. The molecule has 0 spiro atoms. The van der Waals surface area contributed by atoms with Crippen LogP contribution in [0.1, 0.15) is 12.8 Å². The lowest BCUT2D eigenvalue weighted by atomic mass is 10.2. The fourth-order valence-corrected chi connectivity index (χ4v) is 2.73. The van der Waals surface area contributed by atoms with Crippen molar-refractivity contribution < 1.29 is 0 Å². The minimum Gasteiger partial charge on any atom is -0.372 e. The Balaban J connectivity index is 1.75. The van der Waals surface area contributed by atoms with E-state index in [0.29, 0.717) is 5.95 Å². The van der Waals surface area contributed by atoms with E-state index in [1.807, 2.05) is 0 Å². The van der Waals surface area contributed by atoms with Gasteiger partial charge in [-0.05, 0) is 53.0 Å². The standard InChI is InChI=1S/C15H18BrN5/c1-17-15-18-10-13(16)14(20-15)19-11-4-6-12(7-5-11)21-8-2-3-9-21/h4-7,10H,2-3,8-9H2,1H3,(H2,17,18,19,20). The van der Waals surface area contributed by atoms with Crippen molar-refractivity contribution in [2.45, 2.75) is 12.8 Å². The maximum atomic E-state index is 4.40. The molecular formula is C15H18BrN5. The molecule has 21 heavy (non-hydrogen) atoms. The summed E-state index contributed by atoms with van der Waals surface area (Å²) < 4.78 is 0.838. The molecule has 0 radical (unpaired) electrons. The molecule has 1 aromatic carbocycles. The number of rotatable bonds is 4. The van der Waals surface area contributed by atoms with Crippen LogP contribution in [0.25, 0.3) is 0 Å². The van der Waals surface area contributed by atoms with Crippen LogP contribution in [0, 0.1) is 0 Å². The van der Waals surface area contributed by atoms with Crippen LogP contribution in [-0.4, -0.2) is 30.1 Å². The molecule has 1 aliphatic rings. The molecule has 3 rings (SSSR count). The van der Waals surface area contributed by atoms with Crippen LogP contribution in [0.2, 0.25) is 0 Å². The minimum atomic E-state index is 0.592. The second-order valence-corrected chi connectivity index (χ2v) is 5.86. The van der Waals surface area contributed by atoms with E-state index in [1.165, 1.54) is 18.5 Å². The highest BCUT2D eigenvalue weighted by atomic mass is 79.9. The van der Waals surface area contributed by atoms with Crippen LogP contribution in [0.4, 0.5) is 23.1 Å². The number of nitrogens with zero attached hydrogens (tertiary/aromatic N) is 3. The zero-order valence-corrected chi connectivity index (χ0v) is 13.5. The van der Waals surface area contributed by atoms with Gasteiger partial charge in [-0.2, -0.15) is 4.98 Å². The van der Waals surface area contributed by atoms with Gasteiger partial charge < -0.3 is 15.5 Å². The molecule has 0 atom stereocenters. The zero-order chi connectivity index (χ0) is 14.7. The quantitative estimate of drug-likeness (QED) is 0.884. The predicted octanol–water partition coefficient (Wildman–Crippen LogP) is 3.62. The van der Waals surface area contributed by atoms with Gasteiger partial charge in [-0.15, -0.1) is 0 Å². The van der Waals surface area contributed by atoms with Crippen molar-refractivity contribution in [3.05, 3.63) is 34.9 Å². The number of aromatic nitrogens is 2. The molecule has 1 aliphatic heterocycles. The summed E-state index contributed by atoms with van der Waals surface area (Å²) in [5, 5.41) is 6.25. The lowest BCUT2D eigenvalue weighted by molar-refractivity contribution is 0.949. The third kappa shape index (κ3) is 3.26. The first-order valence-electron chi connectivity index (χ1n) is 7.08. The van der Waals surface area contributed by atoms with E-state index in [1.54, 1.807) is 13.2 Å². The lowest BCUT2D eigenvalue weighted by Gasteiger charge is -2.18. The van der Waals surface area contributed by atoms with Gasteiger partial charge in [-0.25, -0.2) is 4.98 Å². The molecule has 0 bridgehead atoms. The van der Waals surface area contributed by atoms with E-state index in [2.05, 4.69) is 65.7 Å². The van der Waals surface area contributed by atoms with Crippen molar-refractivity contribution in [1.29, 1.82) is 0 Å². The van der Waals surface area contributed by atoms with Gasteiger partial charge in [-0.3, -0.25) is 0 Å². The third-order valence-corrected chi connectivity index (χ3v) is 4.15. The Morgan fingerprint density at radius 1 is 1.14 bits per heavy atom. The molecule has 0 saturated carbocycles. The number of benzene rings is 1. The first-order chi connectivity index (χ1) is 10.3. The summed E-state index contributed by atoms with van der Waals surface area (Å²) in [5.41, 5.74) is 2.30. The Kier molecular flexibility index (Phi) is 4.24. The smallest absolute Gasteiger partial charge is 0.224 e. The number of anilines is 4. The van der Waals surface area contributed by atoms with E-state index in [9.17, 15) is 0 Å². The highest BCUT2D eigenvalue weighted by molar-refractivity contribution is 9.10. The summed E-state index contributed by atoms with van der Waals surface area (Å²) in [6, 6.07) is 8.48. The number of halogens is 1. The fourth-order valence-electron chi connectivity index (χ4n) is 2.44. The molecule has 2 aromatic rings. The fraction of sp³-hybridized carbons (Fsp3) is 0.333. The van der Waals surface area contributed by atoms with Gasteiger partial charge in [0, 0.05) is 37.7 Å². The Bertz CT molecular complexity index is 608. The Labute approximate surface area is 132 Å². The Morgan fingerprint density at radius 3 is 2.52 bits per heavy atom. The van der Waals surface area contributed by atoms with Crippen LogP contribution >= 0.6 is 15.9 Å². The number of hydrogen-bond acceptors (Lipinski definition) is 5. The largest absolute Gasteiger partial charge is 0.372 e. The lowest BCUT2D eigenvalue weighted by Crippen LogP contribution is -2.17. The topological polar surface area (TPSA) is 53.1 Å². The summed E-state index contributed by atoms with van der Waals surface area (Å²) in [5.74, 6) is 1.35. The summed E-state index contributed by atoms with van der Waals surface area (Å²) in [6.07, 6.45) is 4.32. The highest BCUT2D eigenvalue weighted by Gasteiger charge is 2.12. The minimum absolute atomic E-state index is 0.592. The molecule has 1 fully saturated rings. The Hall–Kier alpha value is -1.82. The molecular weight excluding hydrogens is 330 g/mol. The van der Waals surface area contributed by atoms with Gasteiger partial charge in [0.1, 0.15) is 5.82 Å². The molecule has 1 saturated heterocycles. The maximum Gasteiger partial charge on any atom is 0.224 e. The normalized spacial score (nSPS) is 14.3. The van der Waals surface area contributed by atoms with E-state index < -0.39 is 0 Å². The van der Waals surface area contributed by atoms with Gasteiger partial charge in [0.25, 0.3) is 0 Å². The van der Waals surface area contributed by atoms with Crippen molar-refractivity contribution in [1.82, 2.24) is 9.97 Å². The van der Waals surface area contributed by atoms with Gasteiger partial charge in [-0.1, -0.05) is 0 Å². The molecule has 0 unspecified atom stereocenters. The monoisotopic (exact) mass is 347 g/mol. The van der Waals surface area contributed by atoms with Crippen LogP contribution in [0.5, 0.6) is 0 Å². The molecule has 6 heteroatoms. The van der Waals surface area contributed by atoms with Crippen molar-refractivity contribution in [3.63, 3.8) is 0 Å². The van der Waals surface area contributed by atoms with E-state index >= 15 is 0 Å². The molecule has 2 N–H and O–H groups in total. The van der Waals surface area contributed by atoms with E-state index in [4.69, 9.17) is 0 Å². The first kappa shape index (κ1) is 14.1. The summed E-state index contributed by atoms with van der Waals surface area (Å²) in [7, 11) is 1.80. The first-order valence-corrected chi connectivity index (χ1v) is 7.88. The molecule has 2 heterocycles. The zero-order valence-electron chi connectivity index (χ0n) is 11.9.